The minimum Gasteiger partial charge on any atom is -0.312 e. The Balaban J connectivity index is 1.38. The molecule has 0 radical (unpaired) electrons. The molecule has 4 aliphatic rings. The Kier molecular flexibility index (Phi) is 7.32. The lowest BCUT2D eigenvalue weighted by Crippen LogP contribution is -2.69. The van der Waals surface area contributed by atoms with Crippen LogP contribution in [0, 0.1) is 76.2 Å². The second-order valence-corrected chi connectivity index (χ2v) is 18.0. The van der Waals surface area contributed by atoms with Crippen LogP contribution in [0.4, 0.5) is 51.2 Å². The molecule has 0 N–H and O–H groups in total. The maximum atomic E-state index is 2.67. The number of anilines is 9. The summed E-state index contributed by atoms with van der Waals surface area (Å²) in [5.74, 6) is 0. The van der Waals surface area contributed by atoms with Gasteiger partial charge in [0, 0.05) is 51.2 Å². The zero-order chi connectivity index (χ0) is 40.2. The molecule has 4 heterocycles. The van der Waals surface area contributed by atoms with Crippen molar-refractivity contribution in [1.82, 2.24) is 0 Å². The SMILES string of the molecule is Cc1ccc2c(c1)B1c3cc(C)ccc3N3c4ccc(C)cc4B4c5cc(C)ccc5N(c5cc(C)c(C)c(C)c5)c5c(C)c(c1c3c54)N2c1cc(C)c(C)c(C)c1. The summed E-state index contributed by atoms with van der Waals surface area (Å²) in [5, 5.41) is 0. The van der Waals surface area contributed by atoms with E-state index in [4.69, 9.17) is 0 Å². The third kappa shape index (κ3) is 4.59. The van der Waals surface area contributed by atoms with Gasteiger partial charge in [0.1, 0.15) is 0 Å². The van der Waals surface area contributed by atoms with Gasteiger partial charge in [0.05, 0.1) is 0 Å². The maximum Gasteiger partial charge on any atom is 0.252 e. The maximum absolute atomic E-state index is 2.67. The monoisotopic (exact) mass is 749 g/mol. The third-order valence-electron chi connectivity index (χ3n) is 14.3. The van der Waals surface area contributed by atoms with Crippen LogP contribution in [0.25, 0.3) is 0 Å². The molecule has 7 aromatic carbocycles. The van der Waals surface area contributed by atoms with Crippen molar-refractivity contribution in [3.63, 3.8) is 0 Å². The first kappa shape index (κ1) is 35.2. The lowest BCUT2D eigenvalue weighted by atomic mass is 9.28. The fourth-order valence-electron chi connectivity index (χ4n) is 11.1. The van der Waals surface area contributed by atoms with Crippen LogP contribution in [-0.2, 0) is 0 Å². The van der Waals surface area contributed by atoms with Gasteiger partial charge in [-0.05, 0) is 196 Å². The molecule has 0 saturated heterocycles. The van der Waals surface area contributed by atoms with E-state index in [1.165, 1.54) is 145 Å². The summed E-state index contributed by atoms with van der Waals surface area (Å²) in [4.78, 5) is 7.95. The Morgan fingerprint density at radius 3 is 0.914 bits per heavy atom. The number of nitrogens with zero attached hydrogens (tertiary/aromatic N) is 3. The molecule has 0 amide bonds. The quantitative estimate of drug-likeness (QED) is 0.163. The number of aryl methyl sites for hydroxylation is 8. The van der Waals surface area contributed by atoms with Crippen LogP contribution < -0.4 is 47.5 Å². The molecule has 0 bridgehead atoms. The normalized spacial score (nSPS) is 13.9. The van der Waals surface area contributed by atoms with E-state index in [-0.39, 0.29) is 13.4 Å². The Labute approximate surface area is 345 Å². The molecule has 7 aromatic rings. The molecule has 0 fully saturated rings. The lowest BCUT2D eigenvalue weighted by Gasteiger charge is -2.52. The van der Waals surface area contributed by atoms with Crippen molar-refractivity contribution in [1.29, 1.82) is 0 Å². The molecule has 3 nitrogen and oxygen atoms in total. The number of fused-ring (bicyclic) bond motifs is 10. The summed E-state index contributed by atoms with van der Waals surface area (Å²) in [6, 6.07) is 38.5. The number of hydrogen-bond acceptors (Lipinski definition) is 3. The molecule has 0 spiro atoms. The van der Waals surface area contributed by atoms with E-state index >= 15 is 0 Å². The zero-order valence-electron chi connectivity index (χ0n) is 35.7. The first-order valence-corrected chi connectivity index (χ1v) is 21.0. The van der Waals surface area contributed by atoms with Gasteiger partial charge in [-0.3, -0.25) is 0 Å². The summed E-state index contributed by atoms with van der Waals surface area (Å²) >= 11 is 0. The van der Waals surface area contributed by atoms with Crippen molar-refractivity contribution in [3.05, 3.63) is 158 Å². The smallest absolute Gasteiger partial charge is 0.252 e. The van der Waals surface area contributed by atoms with E-state index in [1.807, 2.05) is 0 Å². The van der Waals surface area contributed by atoms with Gasteiger partial charge in [0.2, 0.25) is 0 Å². The highest BCUT2D eigenvalue weighted by atomic mass is 15.2. The van der Waals surface area contributed by atoms with E-state index in [2.05, 4.69) is 188 Å². The lowest BCUT2D eigenvalue weighted by molar-refractivity contribution is 1.17. The van der Waals surface area contributed by atoms with Crippen LogP contribution in [0.15, 0.2) is 97.1 Å². The Morgan fingerprint density at radius 2 is 0.603 bits per heavy atom. The van der Waals surface area contributed by atoms with E-state index in [0.29, 0.717) is 0 Å². The predicted octanol–water partition coefficient (Wildman–Crippen LogP) is 9.77. The highest BCUT2D eigenvalue weighted by Crippen LogP contribution is 2.52. The minimum atomic E-state index is 0.0720. The summed E-state index contributed by atoms with van der Waals surface area (Å²) in [6.45, 7) is 25.2. The molecule has 0 aliphatic carbocycles. The van der Waals surface area contributed by atoms with E-state index in [9.17, 15) is 0 Å². The first-order chi connectivity index (χ1) is 27.8. The average Bonchev–Trinajstić information content (AvgIpc) is 3.19. The van der Waals surface area contributed by atoms with Gasteiger partial charge in [0.25, 0.3) is 13.4 Å². The van der Waals surface area contributed by atoms with Crippen LogP contribution in [0.2, 0.25) is 0 Å². The van der Waals surface area contributed by atoms with Crippen molar-refractivity contribution in [2.75, 3.05) is 14.7 Å². The van der Waals surface area contributed by atoms with Crippen molar-refractivity contribution in [3.8, 4) is 0 Å². The number of rotatable bonds is 2. The average molecular weight is 750 g/mol. The standard InChI is InChI=1S/C53H49B2N3/c1-28-12-16-45-41(20-28)54-43-22-30(3)14-18-47(43)58-48-19-15-31(4)23-44(48)55-42-21-29(2)13-17-46(42)57(40-26-34(7)37(10)35(8)27-40)52-38(11)51(49(54)53(58)50(52)55)56(45)39-24-32(5)36(9)33(6)25-39/h12-27H,1-11H3. The minimum absolute atomic E-state index is 0.0720. The first-order valence-electron chi connectivity index (χ1n) is 21.0. The molecule has 58 heavy (non-hydrogen) atoms. The molecule has 0 aromatic heterocycles. The van der Waals surface area contributed by atoms with Gasteiger partial charge in [-0.2, -0.15) is 0 Å². The van der Waals surface area contributed by atoms with Gasteiger partial charge in [-0.1, -0.05) is 70.8 Å². The van der Waals surface area contributed by atoms with Crippen molar-refractivity contribution < 1.29 is 0 Å². The van der Waals surface area contributed by atoms with Gasteiger partial charge in [-0.25, -0.2) is 0 Å². The summed E-state index contributed by atoms with van der Waals surface area (Å²) in [6.07, 6.45) is 0. The number of hydrogen-bond donors (Lipinski definition) is 0. The molecular formula is C53H49B2N3. The third-order valence-corrected chi connectivity index (χ3v) is 14.3. The molecule has 0 unspecified atom stereocenters. The molecule has 0 atom stereocenters. The molecule has 5 heteroatoms. The Morgan fingerprint density at radius 1 is 0.310 bits per heavy atom. The predicted molar refractivity (Wildman–Crippen MR) is 252 cm³/mol. The Bertz CT molecular complexity index is 2770. The largest absolute Gasteiger partial charge is 0.312 e. The summed E-state index contributed by atoms with van der Waals surface area (Å²) in [5.41, 5.74) is 34.4. The van der Waals surface area contributed by atoms with Crippen molar-refractivity contribution in [2.24, 2.45) is 0 Å². The summed E-state index contributed by atoms with van der Waals surface area (Å²) in [7, 11) is 0. The van der Waals surface area contributed by atoms with E-state index in [0.717, 1.165) is 0 Å². The highest BCUT2D eigenvalue weighted by molar-refractivity contribution is 7.05. The van der Waals surface area contributed by atoms with Crippen LogP contribution >= 0.6 is 0 Å². The number of benzene rings is 7. The molecule has 0 saturated carbocycles. The fourth-order valence-corrected chi connectivity index (χ4v) is 11.1. The fraction of sp³-hybridized carbons (Fsp3) is 0.208. The molecule has 282 valence electrons. The molecule has 11 rings (SSSR count). The van der Waals surface area contributed by atoms with Crippen molar-refractivity contribution in [2.45, 2.75) is 76.2 Å². The molecular weight excluding hydrogens is 700 g/mol. The van der Waals surface area contributed by atoms with Gasteiger partial charge < -0.3 is 14.7 Å². The van der Waals surface area contributed by atoms with E-state index in [1.54, 1.807) is 0 Å². The van der Waals surface area contributed by atoms with Crippen LogP contribution in [0.3, 0.4) is 0 Å². The van der Waals surface area contributed by atoms with Gasteiger partial charge >= 0.3 is 0 Å². The highest BCUT2D eigenvalue weighted by Gasteiger charge is 2.52. The van der Waals surface area contributed by atoms with Gasteiger partial charge in [0.15, 0.2) is 0 Å². The summed E-state index contributed by atoms with van der Waals surface area (Å²) < 4.78 is 0. The topological polar surface area (TPSA) is 9.72 Å². The second-order valence-electron chi connectivity index (χ2n) is 18.0. The van der Waals surface area contributed by atoms with Crippen LogP contribution in [-0.4, -0.2) is 13.4 Å². The van der Waals surface area contributed by atoms with E-state index < -0.39 is 0 Å². The van der Waals surface area contributed by atoms with Crippen LogP contribution in [0.5, 0.6) is 0 Å². The molecule has 4 aliphatic heterocycles. The van der Waals surface area contributed by atoms with Crippen molar-refractivity contribution >= 4 is 97.4 Å². The van der Waals surface area contributed by atoms with Crippen LogP contribution in [0.1, 0.15) is 61.2 Å². The second kappa shape index (κ2) is 12.1. The zero-order valence-corrected chi connectivity index (χ0v) is 35.7. The Hall–Kier alpha value is -5.93. The van der Waals surface area contributed by atoms with Gasteiger partial charge in [-0.15, -0.1) is 0 Å².